The third-order valence-corrected chi connectivity index (χ3v) is 3.04. The maximum absolute atomic E-state index is 12.4. The molecule has 1 N–H and O–H groups in total. The minimum atomic E-state index is -4.29. The quantitative estimate of drug-likeness (QED) is 0.822. The second kappa shape index (κ2) is 4.61. The number of H-pyrrole nitrogens is 1. The summed E-state index contributed by atoms with van der Waals surface area (Å²) < 4.78 is 39.6. The highest BCUT2D eigenvalue weighted by Gasteiger charge is 2.29. The van der Waals surface area contributed by atoms with Gasteiger partial charge < -0.3 is 9.55 Å². The van der Waals surface area contributed by atoms with Crippen molar-refractivity contribution >= 4 is 12.2 Å². The Kier molecular flexibility index (Phi) is 3.30. The summed E-state index contributed by atoms with van der Waals surface area (Å²) in [5, 5.41) is 0. The predicted molar refractivity (Wildman–Crippen MR) is 64.9 cm³/mol. The third kappa shape index (κ3) is 2.64. The minimum Gasteiger partial charge on any atom is -0.337 e. The molecule has 1 heterocycles. The van der Waals surface area contributed by atoms with Crippen LogP contribution in [0.4, 0.5) is 13.2 Å². The molecule has 2 aromatic rings. The Balaban J connectivity index is 2.24. The highest BCUT2D eigenvalue weighted by Crippen LogP contribution is 2.29. The molecule has 1 aromatic carbocycles. The van der Waals surface area contributed by atoms with Gasteiger partial charge in [-0.3, -0.25) is 0 Å². The Morgan fingerprint density at radius 1 is 1.22 bits per heavy atom. The van der Waals surface area contributed by atoms with Gasteiger partial charge in [-0.15, -0.1) is 0 Å². The van der Waals surface area contributed by atoms with Crippen molar-refractivity contribution < 1.29 is 13.2 Å². The first-order valence-corrected chi connectivity index (χ1v) is 5.70. The van der Waals surface area contributed by atoms with E-state index >= 15 is 0 Å². The lowest BCUT2D eigenvalue weighted by molar-refractivity contribution is -0.137. The van der Waals surface area contributed by atoms with Gasteiger partial charge in [0.2, 0.25) is 0 Å². The molecule has 0 atom stereocenters. The summed E-state index contributed by atoms with van der Waals surface area (Å²) in [6.07, 6.45) is -2.52. The van der Waals surface area contributed by atoms with Gasteiger partial charge >= 0.3 is 6.18 Å². The van der Waals surface area contributed by atoms with Gasteiger partial charge in [0.1, 0.15) is 0 Å². The third-order valence-electron chi connectivity index (χ3n) is 2.70. The SMILES string of the molecule is Cc1c[nH]c(=S)n1Cc1ccc(C(F)(F)F)cc1. The maximum atomic E-state index is 12.4. The first kappa shape index (κ1) is 12.9. The monoisotopic (exact) mass is 272 g/mol. The van der Waals surface area contributed by atoms with E-state index in [4.69, 9.17) is 12.2 Å². The van der Waals surface area contributed by atoms with Crippen molar-refractivity contribution in [1.82, 2.24) is 9.55 Å². The zero-order valence-corrected chi connectivity index (χ0v) is 10.4. The summed E-state index contributed by atoms with van der Waals surface area (Å²) in [5.41, 5.74) is 1.09. The molecule has 2 nitrogen and oxygen atoms in total. The van der Waals surface area contributed by atoms with Crippen LogP contribution in [0.25, 0.3) is 0 Å². The molecule has 0 spiro atoms. The van der Waals surface area contributed by atoms with Crippen LogP contribution < -0.4 is 0 Å². The van der Waals surface area contributed by atoms with Crippen LogP contribution in [0, 0.1) is 11.7 Å². The molecule has 0 amide bonds. The van der Waals surface area contributed by atoms with Gasteiger partial charge in [-0.2, -0.15) is 13.2 Å². The number of aryl methyl sites for hydroxylation is 1. The Morgan fingerprint density at radius 3 is 2.28 bits per heavy atom. The topological polar surface area (TPSA) is 20.7 Å². The molecule has 0 bridgehead atoms. The summed E-state index contributed by atoms with van der Waals surface area (Å²) in [6.45, 7) is 2.35. The van der Waals surface area contributed by atoms with Gasteiger partial charge in [0, 0.05) is 11.9 Å². The molecule has 0 radical (unpaired) electrons. The first-order valence-electron chi connectivity index (χ1n) is 5.29. The number of hydrogen-bond donors (Lipinski definition) is 1. The second-order valence-corrected chi connectivity index (χ2v) is 4.40. The van der Waals surface area contributed by atoms with Crippen LogP contribution in [0.3, 0.4) is 0 Å². The average molecular weight is 272 g/mol. The molecule has 0 fully saturated rings. The van der Waals surface area contributed by atoms with Crippen LogP contribution in [-0.4, -0.2) is 9.55 Å². The molecule has 0 saturated heterocycles. The molecular formula is C12H11F3N2S. The summed E-state index contributed by atoms with van der Waals surface area (Å²) in [5.74, 6) is 0. The molecule has 1 aromatic heterocycles. The van der Waals surface area contributed by atoms with Gasteiger partial charge in [0.25, 0.3) is 0 Å². The van der Waals surface area contributed by atoms with Crippen molar-refractivity contribution in [1.29, 1.82) is 0 Å². The van der Waals surface area contributed by atoms with E-state index in [1.165, 1.54) is 12.1 Å². The largest absolute Gasteiger partial charge is 0.416 e. The normalized spacial score (nSPS) is 11.8. The summed E-state index contributed by atoms with van der Waals surface area (Å²) in [7, 11) is 0. The molecule has 0 saturated carbocycles. The Morgan fingerprint density at radius 2 is 1.83 bits per heavy atom. The highest BCUT2D eigenvalue weighted by molar-refractivity contribution is 7.71. The van der Waals surface area contributed by atoms with Gasteiger partial charge in [0.15, 0.2) is 4.77 Å². The van der Waals surface area contributed by atoms with Crippen LogP contribution in [0.1, 0.15) is 16.8 Å². The molecular weight excluding hydrogens is 261 g/mol. The van der Waals surface area contributed by atoms with Crippen LogP contribution in [0.5, 0.6) is 0 Å². The Labute approximate surface area is 107 Å². The van der Waals surface area contributed by atoms with E-state index in [0.29, 0.717) is 11.3 Å². The number of alkyl halides is 3. The van der Waals surface area contributed by atoms with E-state index < -0.39 is 11.7 Å². The van der Waals surface area contributed by atoms with Crippen molar-refractivity contribution in [3.05, 3.63) is 52.1 Å². The van der Waals surface area contributed by atoms with Crippen molar-refractivity contribution in [2.45, 2.75) is 19.6 Å². The van der Waals surface area contributed by atoms with E-state index in [0.717, 1.165) is 23.4 Å². The highest BCUT2D eigenvalue weighted by atomic mass is 32.1. The fraction of sp³-hybridized carbons (Fsp3) is 0.250. The van der Waals surface area contributed by atoms with E-state index in [1.807, 2.05) is 11.5 Å². The molecule has 0 aliphatic carbocycles. The fourth-order valence-corrected chi connectivity index (χ4v) is 1.93. The molecule has 2 rings (SSSR count). The number of aromatic amines is 1. The number of nitrogens with zero attached hydrogens (tertiary/aromatic N) is 1. The molecule has 0 aliphatic heterocycles. The predicted octanol–water partition coefficient (Wildman–Crippen LogP) is 3.92. The second-order valence-electron chi connectivity index (χ2n) is 4.02. The van der Waals surface area contributed by atoms with Crippen molar-refractivity contribution in [3.63, 3.8) is 0 Å². The van der Waals surface area contributed by atoms with Gasteiger partial charge in [-0.25, -0.2) is 0 Å². The van der Waals surface area contributed by atoms with Crippen molar-refractivity contribution in [2.24, 2.45) is 0 Å². The standard InChI is InChI=1S/C12H11F3N2S/c1-8-6-16-11(18)17(8)7-9-2-4-10(5-3-9)12(13,14)15/h2-6H,7H2,1H3,(H,16,18). The lowest BCUT2D eigenvalue weighted by Gasteiger charge is -2.09. The summed E-state index contributed by atoms with van der Waals surface area (Å²) in [6, 6.07) is 5.11. The van der Waals surface area contributed by atoms with E-state index in [-0.39, 0.29) is 0 Å². The maximum Gasteiger partial charge on any atom is 0.416 e. The lowest BCUT2D eigenvalue weighted by atomic mass is 10.1. The fourth-order valence-electron chi connectivity index (χ4n) is 1.66. The zero-order valence-electron chi connectivity index (χ0n) is 9.58. The Bertz CT molecular complexity index is 593. The molecule has 0 aliphatic rings. The molecule has 6 heteroatoms. The van der Waals surface area contributed by atoms with E-state index in [2.05, 4.69) is 4.98 Å². The zero-order chi connectivity index (χ0) is 13.3. The summed E-state index contributed by atoms with van der Waals surface area (Å²) >= 11 is 5.08. The number of benzene rings is 1. The molecule has 96 valence electrons. The Hall–Kier alpha value is -1.56. The lowest BCUT2D eigenvalue weighted by Crippen LogP contribution is -2.06. The smallest absolute Gasteiger partial charge is 0.337 e. The first-order chi connectivity index (χ1) is 8.38. The number of nitrogens with one attached hydrogen (secondary N) is 1. The van der Waals surface area contributed by atoms with E-state index in [1.54, 1.807) is 6.20 Å². The van der Waals surface area contributed by atoms with Crippen LogP contribution in [0.15, 0.2) is 30.5 Å². The van der Waals surface area contributed by atoms with Crippen molar-refractivity contribution in [2.75, 3.05) is 0 Å². The van der Waals surface area contributed by atoms with E-state index in [9.17, 15) is 13.2 Å². The summed E-state index contributed by atoms with van der Waals surface area (Å²) in [4.78, 5) is 2.89. The minimum absolute atomic E-state index is 0.465. The molecule has 0 unspecified atom stereocenters. The van der Waals surface area contributed by atoms with Crippen LogP contribution in [-0.2, 0) is 12.7 Å². The van der Waals surface area contributed by atoms with Gasteiger partial charge in [-0.1, -0.05) is 12.1 Å². The number of hydrogen-bond acceptors (Lipinski definition) is 1. The molecule has 18 heavy (non-hydrogen) atoms. The number of halogens is 3. The van der Waals surface area contributed by atoms with Crippen LogP contribution >= 0.6 is 12.2 Å². The number of aromatic nitrogens is 2. The number of imidazole rings is 1. The van der Waals surface area contributed by atoms with Crippen LogP contribution in [0.2, 0.25) is 0 Å². The van der Waals surface area contributed by atoms with Gasteiger partial charge in [-0.05, 0) is 36.8 Å². The number of rotatable bonds is 2. The average Bonchev–Trinajstić information content (AvgIpc) is 2.60. The van der Waals surface area contributed by atoms with Crippen molar-refractivity contribution in [3.8, 4) is 0 Å². The van der Waals surface area contributed by atoms with Gasteiger partial charge in [0.05, 0.1) is 12.1 Å².